The molecular weight excluding hydrogens is 392 g/mol. The minimum Gasteiger partial charge on any atom is -0.493 e. The molecule has 1 aromatic heterocycles. The Balaban J connectivity index is 1.84. The summed E-state index contributed by atoms with van der Waals surface area (Å²) in [5.41, 5.74) is 0.439. The standard InChI is InChI=1S/C22H22O8/c1-4-27-14-7-5-12(9-15(14)25-2)19-17(11-23)28-21-16(26-3)10-13-6-8-18(24)29-20(13)22(21)30-19/h5-10,17,19,23H,4,11H2,1-3H3/t17-,19-/m0/s1. The first kappa shape index (κ1) is 19.9. The molecule has 0 saturated carbocycles. The summed E-state index contributed by atoms with van der Waals surface area (Å²) in [6, 6.07) is 9.99. The van der Waals surface area contributed by atoms with E-state index >= 15 is 0 Å². The van der Waals surface area contributed by atoms with Gasteiger partial charge in [0.05, 0.1) is 27.4 Å². The van der Waals surface area contributed by atoms with Crippen LogP contribution in [0.25, 0.3) is 11.0 Å². The number of hydrogen-bond acceptors (Lipinski definition) is 8. The second kappa shape index (κ2) is 8.16. The van der Waals surface area contributed by atoms with Gasteiger partial charge < -0.3 is 33.2 Å². The van der Waals surface area contributed by atoms with Gasteiger partial charge in [-0.25, -0.2) is 4.79 Å². The highest BCUT2D eigenvalue weighted by atomic mass is 16.6. The number of aliphatic hydroxyl groups is 1. The molecule has 0 unspecified atom stereocenters. The van der Waals surface area contributed by atoms with Crippen molar-refractivity contribution in [1.29, 1.82) is 0 Å². The molecule has 0 spiro atoms. The van der Waals surface area contributed by atoms with Gasteiger partial charge in [-0.05, 0) is 31.2 Å². The third-order valence-electron chi connectivity index (χ3n) is 4.85. The lowest BCUT2D eigenvalue weighted by Crippen LogP contribution is -2.36. The molecule has 4 rings (SSSR count). The van der Waals surface area contributed by atoms with Crippen molar-refractivity contribution in [3.05, 3.63) is 52.4 Å². The van der Waals surface area contributed by atoms with Gasteiger partial charge in [-0.2, -0.15) is 0 Å². The Morgan fingerprint density at radius 2 is 1.77 bits per heavy atom. The van der Waals surface area contributed by atoms with Gasteiger partial charge in [-0.1, -0.05) is 6.07 Å². The molecule has 2 atom stereocenters. The van der Waals surface area contributed by atoms with Crippen LogP contribution in [0.1, 0.15) is 18.6 Å². The van der Waals surface area contributed by atoms with Crippen molar-refractivity contribution in [1.82, 2.24) is 0 Å². The minimum atomic E-state index is -0.720. The zero-order chi connectivity index (χ0) is 21.3. The van der Waals surface area contributed by atoms with Crippen molar-refractivity contribution in [2.75, 3.05) is 27.4 Å². The van der Waals surface area contributed by atoms with Crippen LogP contribution >= 0.6 is 0 Å². The number of hydrogen-bond donors (Lipinski definition) is 1. The van der Waals surface area contributed by atoms with Crippen molar-refractivity contribution in [2.45, 2.75) is 19.1 Å². The molecule has 0 amide bonds. The smallest absolute Gasteiger partial charge is 0.336 e. The molecule has 2 aromatic carbocycles. The molecular formula is C22H22O8. The van der Waals surface area contributed by atoms with Gasteiger partial charge in [-0.15, -0.1) is 0 Å². The Kier molecular flexibility index (Phi) is 5.41. The van der Waals surface area contributed by atoms with E-state index in [1.165, 1.54) is 13.2 Å². The van der Waals surface area contributed by atoms with E-state index in [-0.39, 0.29) is 23.7 Å². The molecule has 0 saturated heterocycles. The molecule has 0 aliphatic carbocycles. The molecule has 8 nitrogen and oxygen atoms in total. The highest BCUT2D eigenvalue weighted by Crippen LogP contribution is 2.49. The quantitative estimate of drug-likeness (QED) is 0.615. The van der Waals surface area contributed by atoms with E-state index in [1.54, 1.807) is 31.4 Å². The maximum Gasteiger partial charge on any atom is 0.336 e. The summed E-state index contributed by atoms with van der Waals surface area (Å²) >= 11 is 0. The fourth-order valence-corrected chi connectivity index (χ4v) is 3.48. The molecule has 1 N–H and O–H groups in total. The molecule has 8 heteroatoms. The van der Waals surface area contributed by atoms with E-state index in [1.807, 2.05) is 13.0 Å². The molecule has 2 heterocycles. The summed E-state index contributed by atoms with van der Waals surface area (Å²) in [4.78, 5) is 11.8. The summed E-state index contributed by atoms with van der Waals surface area (Å²) in [6.45, 7) is 2.08. The predicted molar refractivity (Wildman–Crippen MR) is 108 cm³/mol. The lowest BCUT2D eigenvalue weighted by atomic mass is 10.0. The maximum absolute atomic E-state index is 11.8. The summed E-state index contributed by atoms with van der Waals surface area (Å²) in [6.07, 6.45) is -1.41. The van der Waals surface area contributed by atoms with Crippen LogP contribution in [0.15, 0.2) is 45.6 Å². The predicted octanol–water partition coefficient (Wildman–Crippen LogP) is 3.08. The zero-order valence-electron chi connectivity index (χ0n) is 16.8. The molecule has 0 bridgehead atoms. The second-order valence-electron chi connectivity index (χ2n) is 6.63. The summed E-state index contributed by atoms with van der Waals surface area (Å²) in [7, 11) is 3.05. The second-order valence-corrected chi connectivity index (χ2v) is 6.63. The van der Waals surface area contributed by atoms with Crippen LogP contribution < -0.4 is 29.3 Å². The summed E-state index contributed by atoms with van der Waals surface area (Å²) in [5, 5.41) is 10.6. The molecule has 0 fully saturated rings. The fraction of sp³-hybridized carbons (Fsp3) is 0.318. The Hall–Kier alpha value is -3.39. The lowest BCUT2D eigenvalue weighted by Gasteiger charge is -2.34. The Morgan fingerprint density at radius 3 is 2.47 bits per heavy atom. The van der Waals surface area contributed by atoms with Gasteiger partial charge in [0.2, 0.25) is 11.5 Å². The van der Waals surface area contributed by atoms with Crippen molar-refractivity contribution >= 4 is 11.0 Å². The number of benzene rings is 2. The topological polar surface area (TPSA) is 96.6 Å². The highest BCUT2D eigenvalue weighted by molar-refractivity contribution is 5.88. The average molecular weight is 414 g/mol. The molecule has 1 aliphatic rings. The van der Waals surface area contributed by atoms with Crippen LogP contribution in [0.2, 0.25) is 0 Å². The summed E-state index contributed by atoms with van der Waals surface area (Å²) < 4.78 is 34.1. The van der Waals surface area contributed by atoms with Gasteiger partial charge >= 0.3 is 5.63 Å². The highest BCUT2D eigenvalue weighted by Gasteiger charge is 2.37. The molecule has 0 radical (unpaired) electrons. The van der Waals surface area contributed by atoms with Crippen LogP contribution in [-0.2, 0) is 0 Å². The Bertz CT molecular complexity index is 1120. The molecule has 158 valence electrons. The number of fused-ring (bicyclic) bond motifs is 3. The van der Waals surface area contributed by atoms with E-state index in [0.29, 0.717) is 34.8 Å². The van der Waals surface area contributed by atoms with Crippen molar-refractivity contribution < 1.29 is 33.2 Å². The SMILES string of the molecule is CCOc1ccc([C@@H]2Oc3c(c(OC)cc4ccc(=O)oc34)O[C@H]2CO)cc1OC. The van der Waals surface area contributed by atoms with Gasteiger partial charge in [0.15, 0.2) is 35.0 Å². The number of methoxy groups -OCH3 is 2. The van der Waals surface area contributed by atoms with E-state index in [2.05, 4.69) is 0 Å². The van der Waals surface area contributed by atoms with Gasteiger partial charge in [0.1, 0.15) is 0 Å². The Morgan fingerprint density at radius 1 is 0.967 bits per heavy atom. The van der Waals surface area contributed by atoms with Crippen LogP contribution in [0.5, 0.6) is 28.7 Å². The molecule has 30 heavy (non-hydrogen) atoms. The first-order chi connectivity index (χ1) is 14.6. The summed E-state index contributed by atoms with van der Waals surface area (Å²) in [5.74, 6) is 2.05. The third kappa shape index (κ3) is 3.39. The monoisotopic (exact) mass is 414 g/mol. The van der Waals surface area contributed by atoms with Crippen molar-refractivity contribution in [3.63, 3.8) is 0 Å². The van der Waals surface area contributed by atoms with Crippen molar-refractivity contribution in [2.24, 2.45) is 0 Å². The van der Waals surface area contributed by atoms with Crippen LogP contribution in [0, 0.1) is 0 Å². The van der Waals surface area contributed by atoms with Crippen LogP contribution in [0.3, 0.4) is 0 Å². The van der Waals surface area contributed by atoms with E-state index < -0.39 is 17.8 Å². The number of rotatable bonds is 6. The lowest BCUT2D eigenvalue weighted by molar-refractivity contribution is -0.0137. The van der Waals surface area contributed by atoms with Gasteiger partial charge in [0.25, 0.3) is 0 Å². The molecule has 3 aromatic rings. The van der Waals surface area contributed by atoms with E-state index in [4.69, 9.17) is 28.1 Å². The van der Waals surface area contributed by atoms with E-state index in [9.17, 15) is 9.90 Å². The Labute approximate surface area is 172 Å². The maximum atomic E-state index is 11.8. The first-order valence-electron chi connectivity index (χ1n) is 9.49. The fourth-order valence-electron chi connectivity index (χ4n) is 3.48. The van der Waals surface area contributed by atoms with Crippen LogP contribution in [0.4, 0.5) is 0 Å². The average Bonchev–Trinajstić information content (AvgIpc) is 2.78. The third-order valence-corrected chi connectivity index (χ3v) is 4.85. The zero-order valence-corrected chi connectivity index (χ0v) is 16.8. The molecule has 1 aliphatic heterocycles. The van der Waals surface area contributed by atoms with Gasteiger partial charge in [-0.3, -0.25) is 0 Å². The van der Waals surface area contributed by atoms with Crippen molar-refractivity contribution in [3.8, 4) is 28.7 Å². The number of aliphatic hydroxyl groups excluding tert-OH is 1. The first-order valence-corrected chi connectivity index (χ1v) is 9.49. The van der Waals surface area contributed by atoms with Gasteiger partial charge in [0, 0.05) is 17.0 Å². The minimum absolute atomic E-state index is 0.240. The number of ether oxygens (including phenoxy) is 5. The van der Waals surface area contributed by atoms with Crippen LogP contribution in [-0.4, -0.2) is 38.6 Å². The normalized spacial score (nSPS) is 17.6. The largest absolute Gasteiger partial charge is 0.493 e. The van der Waals surface area contributed by atoms with E-state index in [0.717, 1.165) is 0 Å².